The average Bonchev–Trinajstić information content (AvgIpc) is 3.03. The summed E-state index contributed by atoms with van der Waals surface area (Å²) in [5.74, 6) is -0.921. The zero-order valence-electron chi connectivity index (χ0n) is 17.1. The number of carbonyl (C=O) groups excluding carboxylic acids is 2. The maximum atomic E-state index is 12.7. The third-order valence-corrected chi connectivity index (χ3v) is 6.78. The molecule has 1 aliphatic heterocycles. The zero-order valence-corrected chi connectivity index (χ0v) is 18.0. The van der Waals surface area contributed by atoms with Gasteiger partial charge in [-0.2, -0.15) is 4.31 Å². The van der Waals surface area contributed by atoms with Crippen LogP contribution in [0, 0.1) is 13.8 Å². The van der Waals surface area contributed by atoms with E-state index in [2.05, 4.69) is 10.3 Å². The van der Waals surface area contributed by atoms with Crippen molar-refractivity contribution in [3.8, 4) is 0 Å². The Morgan fingerprint density at radius 3 is 2.40 bits per heavy atom. The highest BCUT2D eigenvalue weighted by atomic mass is 32.2. The molecule has 1 amide bonds. The van der Waals surface area contributed by atoms with E-state index in [9.17, 15) is 18.0 Å². The Balaban J connectivity index is 1.75. The van der Waals surface area contributed by atoms with Gasteiger partial charge < -0.3 is 19.8 Å². The SMILES string of the molecule is CCOC(=O)c1c(C)[nH]c(C(=O)Nc2ccc(S(=O)(=O)N3CCOCC3)cc2)c1C. The molecule has 1 fully saturated rings. The molecular weight excluding hydrogens is 410 g/mol. The molecule has 2 aromatic rings. The van der Waals surface area contributed by atoms with Crippen molar-refractivity contribution in [2.24, 2.45) is 0 Å². The average molecular weight is 436 g/mol. The van der Waals surface area contributed by atoms with E-state index in [1.54, 1.807) is 20.8 Å². The number of H-pyrrole nitrogens is 1. The second kappa shape index (κ2) is 8.99. The molecule has 0 spiro atoms. The van der Waals surface area contributed by atoms with E-state index >= 15 is 0 Å². The summed E-state index contributed by atoms with van der Waals surface area (Å²) in [6, 6.07) is 5.97. The van der Waals surface area contributed by atoms with Crippen molar-refractivity contribution in [3.05, 3.63) is 46.8 Å². The molecule has 1 saturated heterocycles. The van der Waals surface area contributed by atoms with Gasteiger partial charge in [-0.3, -0.25) is 4.79 Å². The highest BCUT2D eigenvalue weighted by Crippen LogP contribution is 2.22. The Hall–Kier alpha value is -2.69. The minimum atomic E-state index is -3.60. The molecule has 0 unspecified atom stereocenters. The molecule has 30 heavy (non-hydrogen) atoms. The summed E-state index contributed by atoms with van der Waals surface area (Å²) in [7, 11) is -3.60. The monoisotopic (exact) mass is 435 g/mol. The lowest BCUT2D eigenvalue weighted by molar-refractivity contribution is 0.0525. The van der Waals surface area contributed by atoms with E-state index in [4.69, 9.17) is 9.47 Å². The van der Waals surface area contributed by atoms with Gasteiger partial charge in [-0.15, -0.1) is 0 Å². The molecule has 0 aliphatic carbocycles. The van der Waals surface area contributed by atoms with Crippen molar-refractivity contribution >= 4 is 27.6 Å². The van der Waals surface area contributed by atoms with Crippen molar-refractivity contribution in [2.75, 3.05) is 38.2 Å². The number of esters is 1. The van der Waals surface area contributed by atoms with Gasteiger partial charge in [0.1, 0.15) is 5.69 Å². The quantitative estimate of drug-likeness (QED) is 0.671. The summed E-state index contributed by atoms with van der Waals surface area (Å²) in [5.41, 5.74) is 2.07. The topological polar surface area (TPSA) is 118 Å². The number of nitrogens with zero attached hydrogens (tertiary/aromatic N) is 1. The number of anilines is 1. The molecule has 1 aliphatic rings. The Morgan fingerprint density at radius 2 is 1.80 bits per heavy atom. The number of rotatable bonds is 6. The molecule has 3 rings (SSSR count). The van der Waals surface area contributed by atoms with Gasteiger partial charge in [-0.1, -0.05) is 0 Å². The molecule has 2 N–H and O–H groups in total. The minimum absolute atomic E-state index is 0.152. The van der Waals surface area contributed by atoms with E-state index < -0.39 is 21.9 Å². The van der Waals surface area contributed by atoms with Crippen LogP contribution < -0.4 is 5.32 Å². The summed E-state index contributed by atoms with van der Waals surface area (Å²) in [6.07, 6.45) is 0. The van der Waals surface area contributed by atoms with Crippen molar-refractivity contribution < 1.29 is 27.5 Å². The lowest BCUT2D eigenvalue weighted by Crippen LogP contribution is -2.40. The number of benzene rings is 1. The normalized spacial score (nSPS) is 15.0. The summed E-state index contributed by atoms with van der Waals surface area (Å²) >= 11 is 0. The third-order valence-electron chi connectivity index (χ3n) is 4.86. The number of morpholine rings is 1. The van der Waals surface area contributed by atoms with Gasteiger partial charge in [0.15, 0.2) is 0 Å². The van der Waals surface area contributed by atoms with E-state index in [-0.39, 0.29) is 17.2 Å². The molecule has 1 aromatic heterocycles. The Labute approximate surface area is 175 Å². The molecule has 2 heterocycles. The first-order valence-corrected chi connectivity index (χ1v) is 11.0. The van der Waals surface area contributed by atoms with Crippen LogP contribution in [0.15, 0.2) is 29.2 Å². The highest BCUT2D eigenvalue weighted by Gasteiger charge is 2.26. The van der Waals surface area contributed by atoms with E-state index in [0.717, 1.165) is 0 Å². The lowest BCUT2D eigenvalue weighted by Gasteiger charge is -2.26. The Kier molecular flexibility index (Phi) is 6.59. The van der Waals surface area contributed by atoms with E-state index in [1.165, 1.54) is 28.6 Å². The van der Waals surface area contributed by atoms with Crippen molar-refractivity contribution in [2.45, 2.75) is 25.7 Å². The maximum absolute atomic E-state index is 12.7. The number of carbonyl (C=O) groups is 2. The molecule has 9 nitrogen and oxygen atoms in total. The number of ether oxygens (including phenoxy) is 2. The first kappa shape index (κ1) is 22.0. The number of hydrogen-bond acceptors (Lipinski definition) is 6. The summed E-state index contributed by atoms with van der Waals surface area (Å²) in [5, 5.41) is 2.72. The number of sulfonamides is 1. The summed E-state index contributed by atoms with van der Waals surface area (Å²) in [4.78, 5) is 27.9. The van der Waals surface area contributed by atoms with Gasteiger partial charge in [0.05, 0.1) is 30.3 Å². The van der Waals surface area contributed by atoms with Gasteiger partial charge in [0.2, 0.25) is 10.0 Å². The predicted octanol–water partition coefficient (Wildman–Crippen LogP) is 2.08. The van der Waals surface area contributed by atoms with Crippen LogP contribution in [0.3, 0.4) is 0 Å². The van der Waals surface area contributed by atoms with Crippen LogP contribution >= 0.6 is 0 Å². The number of hydrogen-bond donors (Lipinski definition) is 2. The number of aromatic nitrogens is 1. The van der Waals surface area contributed by atoms with Crippen molar-refractivity contribution in [1.82, 2.24) is 9.29 Å². The highest BCUT2D eigenvalue weighted by molar-refractivity contribution is 7.89. The Morgan fingerprint density at radius 1 is 1.17 bits per heavy atom. The van der Waals surface area contributed by atoms with E-state index in [0.29, 0.717) is 48.8 Å². The Bertz CT molecular complexity index is 1040. The van der Waals surface area contributed by atoms with Crippen molar-refractivity contribution in [1.29, 1.82) is 0 Å². The number of nitrogens with one attached hydrogen (secondary N) is 2. The van der Waals surface area contributed by atoms with Crippen LogP contribution in [0.25, 0.3) is 0 Å². The minimum Gasteiger partial charge on any atom is -0.462 e. The van der Waals surface area contributed by atoms with Crippen LogP contribution in [0.4, 0.5) is 5.69 Å². The van der Waals surface area contributed by atoms with E-state index in [1.807, 2.05) is 0 Å². The largest absolute Gasteiger partial charge is 0.462 e. The van der Waals surface area contributed by atoms with Crippen LogP contribution in [0.1, 0.15) is 39.0 Å². The lowest BCUT2D eigenvalue weighted by atomic mass is 10.1. The number of amides is 1. The second-order valence-corrected chi connectivity index (χ2v) is 8.78. The third kappa shape index (κ3) is 4.40. The molecule has 0 bridgehead atoms. The fourth-order valence-corrected chi connectivity index (χ4v) is 4.73. The summed E-state index contributed by atoms with van der Waals surface area (Å²) in [6.45, 7) is 6.69. The van der Waals surface area contributed by atoms with Gasteiger partial charge in [0, 0.05) is 24.5 Å². The zero-order chi connectivity index (χ0) is 21.9. The number of aromatic amines is 1. The van der Waals surface area contributed by atoms with Gasteiger partial charge in [-0.05, 0) is 50.6 Å². The smallest absolute Gasteiger partial charge is 0.340 e. The fraction of sp³-hybridized carbons (Fsp3) is 0.400. The second-order valence-electron chi connectivity index (χ2n) is 6.84. The van der Waals surface area contributed by atoms with Crippen LogP contribution in [0.5, 0.6) is 0 Å². The van der Waals surface area contributed by atoms with Crippen LogP contribution in [-0.2, 0) is 19.5 Å². The molecule has 0 saturated carbocycles. The molecule has 1 aromatic carbocycles. The van der Waals surface area contributed by atoms with Gasteiger partial charge in [-0.25, -0.2) is 13.2 Å². The first-order valence-electron chi connectivity index (χ1n) is 9.61. The van der Waals surface area contributed by atoms with Crippen molar-refractivity contribution in [3.63, 3.8) is 0 Å². The molecular formula is C20H25N3O6S. The van der Waals surface area contributed by atoms with Crippen LogP contribution in [0.2, 0.25) is 0 Å². The molecule has 0 radical (unpaired) electrons. The maximum Gasteiger partial charge on any atom is 0.340 e. The van der Waals surface area contributed by atoms with Gasteiger partial charge >= 0.3 is 5.97 Å². The van der Waals surface area contributed by atoms with Gasteiger partial charge in [0.25, 0.3) is 5.91 Å². The first-order chi connectivity index (χ1) is 14.3. The molecule has 10 heteroatoms. The predicted molar refractivity (Wildman–Crippen MR) is 110 cm³/mol. The number of aryl methyl sites for hydroxylation is 1. The standard InChI is InChI=1S/C20H25N3O6S/c1-4-29-20(25)17-13(2)18(21-14(17)3)19(24)22-15-5-7-16(8-6-15)30(26,27)23-9-11-28-12-10-23/h5-8,21H,4,9-12H2,1-3H3,(H,22,24). The fourth-order valence-electron chi connectivity index (χ4n) is 3.33. The molecule has 0 atom stereocenters. The van der Waals surface area contributed by atoms with Crippen LogP contribution in [-0.4, -0.2) is 62.5 Å². The molecule has 162 valence electrons. The summed E-state index contributed by atoms with van der Waals surface area (Å²) < 4.78 is 37.0.